The molecule has 2 atom stereocenters. The van der Waals surface area contributed by atoms with E-state index < -0.39 is 5.91 Å². The molecule has 2 saturated heterocycles. The summed E-state index contributed by atoms with van der Waals surface area (Å²) in [5, 5.41) is 6.23. The number of benzene rings is 2. The zero-order valence-electron chi connectivity index (χ0n) is 26.2. The molecule has 0 spiro atoms. The van der Waals surface area contributed by atoms with Gasteiger partial charge in [-0.2, -0.15) is 0 Å². The van der Waals surface area contributed by atoms with Crippen molar-refractivity contribution in [3.63, 3.8) is 0 Å². The molecule has 3 fully saturated rings. The van der Waals surface area contributed by atoms with E-state index in [-0.39, 0.29) is 29.0 Å². The van der Waals surface area contributed by atoms with Gasteiger partial charge in [-0.15, -0.1) is 0 Å². The number of anilines is 3. The minimum absolute atomic E-state index is 0.168. The Kier molecular flexibility index (Phi) is 9.03. The standard InChI is InChI=1S/C34H41ClN6O4/c1-21-7-8-22(2)29(16-21)39-12-14-40(15-13-39)30-19-26(35)25(32(43)36-9-5-11-41-10-4-6-31(41)42)18-27(30)37-33(44)28-20-45-34(38-28)24-17-23(24)3/h7-8,16,18-20,23-24H,4-6,9-15,17H2,1-3H3,(H,36,43)(H,37,44). The molecule has 1 aromatic heterocycles. The maximum absolute atomic E-state index is 13.4. The highest BCUT2D eigenvalue weighted by atomic mass is 35.5. The lowest BCUT2D eigenvalue weighted by Gasteiger charge is -2.39. The first-order valence-corrected chi connectivity index (χ1v) is 16.3. The number of halogens is 1. The highest BCUT2D eigenvalue weighted by molar-refractivity contribution is 6.34. The lowest BCUT2D eigenvalue weighted by molar-refractivity contribution is -0.127. The number of oxazole rings is 1. The van der Waals surface area contributed by atoms with Gasteiger partial charge in [-0.25, -0.2) is 4.98 Å². The third-order valence-corrected chi connectivity index (χ3v) is 9.46. The average Bonchev–Trinajstić information content (AvgIpc) is 3.37. The van der Waals surface area contributed by atoms with Crippen molar-refractivity contribution < 1.29 is 18.8 Å². The molecule has 3 amide bonds. The normalized spacial score (nSPS) is 19.6. The molecule has 10 nitrogen and oxygen atoms in total. The van der Waals surface area contributed by atoms with Gasteiger partial charge in [0.2, 0.25) is 5.91 Å². The number of carbonyl (C=O) groups excluding carboxylic acids is 3. The van der Waals surface area contributed by atoms with E-state index >= 15 is 0 Å². The third kappa shape index (κ3) is 6.96. The van der Waals surface area contributed by atoms with E-state index in [1.54, 1.807) is 12.1 Å². The van der Waals surface area contributed by atoms with Crippen LogP contribution >= 0.6 is 11.6 Å². The van der Waals surface area contributed by atoms with E-state index in [0.29, 0.717) is 61.5 Å². The van der Waals surface area contributed by atoms with E-state index in [1.165, 1.54) is 23.1 Å². The fraction of sp³-hybridized carbons (Fsp3) is 0.471. The SMILES string of the molecule is Cc1ccc(C)c(N2CCN(c3cc(Cl)c(C(=O)NCCCN4CCCC4=O)cc3NC(=O)c3coc(C4CC4C)n3)CC2)c1. The fourth-order valence-corrected chi connectivity index (χ4v) is 6.51. The second-order valence-electron chi connectivity index (χ2n) is 12.6. The van der Waals surface area contributed by atoms with Crippen molar-refractivity contribution in [2.75, 3.05) is 60.9 Å². The van der Waals surface area contributed by atoms with Gasteiger partial charge >= 0.3 is 0 Å². The van der Waals surface area contributed by atoms with Gasteiger partial charge in [-0.1, -0.05) is 30.7 Å². The summed E-state index contributed by atoms with van der Waals surface area (Å²) < 4.78 is 5.62. The van der Waals surface area contributed by atoms with Crippen molar-refractivity contribution in [2.24, 2.45) is 5.92 Å². The predicted molar refractivity (Wildman–Crippen MR) is 176 cm³/mol. The molecule has 11 heteroatoms. The number of amides is 3. The van der Waals surface area contributed by atoms with Crippen LogP contribution in [0.2, 0.25) is 5.02 Å². The molecule has 2 unspecified atom stereocenters. The highest BCUT2D eigenvalue weighted by Crippen LogP contribution is 2.46. The van der Waals surface area contributed by atoms with Crippen molar-refractivity contribution in [3.8, 4) is 0 Å². The fourth-order valence-electron chi connectivity index (χ4n) is 6.27. The van der Waals surface area contributed by atoms with Crippen LogP contribution in [-0.4, -0.2) is 73.4 Å². The first-order chi connectivity index (χ1) is 21.7. The number of aromatic nitrogens is 1. The Labute approximate surface area is 269 Å². The minimum atomic E-state index is -0.405. The molecule has 45 heavy (non-hydrogen) atoms. The van der Waals surface area contributed by atoms with E-state index in [4.69, 9.17) is 16.0 Å². The summed E-state index contributed by atoms with van der Waals surface area (Å²) in [6.45, 7) is 11.2. The second-order valence-corrected chi connectivity index (χ2v) is 13.0. The molecule has 3 aliphatic rings. The number of likely N-dealkylation sites (tertiary alicyclic amines) is 1. The molecule has 2 N–H and O–H groups in total. The molecule has 2 aliphatic heterocycles. The maximum atomic E-state index is 13.4. The van der Waals surface area contributed by atoms with Crippen LogP contribution in [0.5, 0.6) is 0 Å². The highest BCUT2D eigenvalue weighted by Gasteiger charge is 2.38. The Morgan fingerprint density at radius 2 is 1.76 bits per heavy atom. The van der Waals surface area contributed by atoms with E-state index in [1.807, 2.05) is 4.90 Å². The average molecular weight is 633 g/mol. The smallest absolute Gasteiger partial charge is 0.277 e. The number of piperazine rings is 1. The Morgan fingerprint density at radius 1 is 1.02 bits per heavy atom. The van der Waals surface area contributed by atoms with E-state index in [2.05, 4.69) is 64.4 Å². The zero-order valence-corrected chi connectivity index (χ0v) is 27.0. The molecule has 238 valence electrons. The third-order valence-electron chi connectivity index (χ3n) is 9.15. The maximum Gasteiger partial charge on any atom is 0.277 e. The van der Waals surface area contributed by atoms with Gasteiger partial charge in [0.05, 0.1) is 22.0 Å². The molecule has 2 aromatic carbocycles. The lowest BCUT2D eigenvalue weighted by atomic mass is 10.1. The number of nitrogens with one attached hydrogen (secondary N) is 2. The topological polar surface area (TPSA) is 111 Å². The van der Waals surface area contributed by atoms with Crippen molar-refractivity contribution >= 4 is 46.4 Å². The summed E-state index contributed by atoms with van der Waals surface area (Å²) in [5.41, 5.74) is 5.40. The van der Waals surface area contributed by atoms with Crippen molar-refractivity contribution in [1.82, 2.24) is 15.2 Å². The summed E-state index contributed by atoms with van der Waals surface area (Å²) in [7, 11) is 0. The van der Waals surface area contributed by atoms with E-state index in [0.717, 1.165) is 38.2 Å². The molecule has 1 aliphatic carbocycles. The van der Waals surface area contributed by atoms with Crippen LogP contribution in [-0.2, 0) is 4.79 Å². The lowest BCUT2D eigenvalue weighted by Crippen LogP contribution is -2.47. The Hall–Kier alpha value is -4.05. The number of hydrogen-bond acceptors (Lipinski definition) is 7. The largest absolute Gasteiger partial charge is 0.448 e. The molecule has 0 bridgehead atoms. The number of nitrogens with zero attached hydrogens (tertiary/aromatic N) is 4. The molecule has 6 rings (SSSR count). The first kappa shape index (κ1) is 31.0. The van der Waals surface area contributed by atoms with Crippen molar-refractivity contribution in [1.29, 1.82) is 0 Å². The first-order valence-electron chi connectivity index (χ1n) is 15.9. The second kappa shape index (κ2) is 13.1. The van der Waals surface area contributed by atoms with Crippen LogP contribution in [0.4, 0.5) is 17.1 Å². The quantitative estimate of drug-likeness (QED) is 0.288. The Balaban J connectivity index is 1.19. The predicted octanol–water partition coefficient (Wildman–Crippen LogP) is 5.39. The van der Waals surface area contributed by atoms with Gasteiger partial charge in [0.15, 0.2) is 11.6 Å². The molecule has 0 radical (unpaired) electrons. The van der Waals surface area contributed by atoms with Crippen LogP contribution in [0, 0.1) is 19.8 Å². The van der Waals surface area contributed by atoms with Crippen molar-refractivity contribution in [2.45, 2.75) is 52.4 Å². The summed E-state index contributed by atoms with van der Waals surface area (Å²) in [6.07, 6.45) is 4.53. The van der Waals surface area contributed by atoms with Crippen LogP contribution in [0.3, 0.4) is 0 Å². The molecular formula is C34H41ClN6O4. The van der Waals surface area contributed by atoms with Crippen molar-refractivity contribution in [3.05, 3.63) is 69.9 Å². The van der Waals surface area contributed by atoms with Crippen LogP contribution in [0.1, 0.15) is 76.4 Å². The van der Waals surface area contributed by atoms with Gasteiger partial charge in [0, 0.05) is 63.8 Å². The summed E-state index contributed by atoms with van der Waals surface area (Å²) in [4.78, 5) is 49.4. The number of aryl methyl sites for hydroxylation is 2. The summed E-state index contributed by atoms with van der Waals surface area (Å²) in [6, 6.07) is 9.91. The Morgan fingerprint density at radius 3 is 2.44 bits per heavy atom. The van der Waals surface area contributed by atoms with Gasteiger partial charge < -0.3 is 29.8 Å². The Bertz CT molecular complexity index is 1600. The minimum Gasteiger partial charge on any atom is -0.448 e. The van der Waals surface area contributed by atoms with Gasteiger partial charge in [-0.3, -0.25) is 14.4 Å². The van der Waals surface area contributed by atoms with Crippen LogP contribution in [0.15, 0.2) is 41.0 Å². The molecular weight excluding hydrogens is 592 g/mol. The number of carbonyl (C=O) groups is 3. The summed E-state index contributed by atoms with van der Waals surface area (Å²) >= 11 is 6.74. The van der Waals surface area contributed by atoms with E-state index in [9.17, 15) is 14.4 Å². The van der Waals surface area contributed by atoms with Gasteiger partial charge in [-0.05, 0) is 68.4 Å². The summed E-state index contributed by atoms with van der Waals surface area (Å²) in [5.74, 6) is 0.772. The monoisotopic (exact) mass is 632 g/mol. The molecule has 1 saturated carbocycles. The molecule has 3 heterocycles. The number of rotatable bonds is 10. The van der Waals surface area contributed by atoms with Gasteiger partial charge in [0.1, 0.15) is 6.26 Å². The molecule has 3 aromatic rings. The number of hydrogen-bond donors (Lipinski definition) is 2. The zero-order chi connectivity index (χ0) is 31.7. The van der Waals surface area contributed by atoms with Crippen LogP contribution < -0.4 is 20.4 Å². The van der Waals surface area contributed by atoms with Gasteiger partial charge in [0.25, 0.3) is 11.8 Å². The van der Waals surface area contributed by atoms with Crippen LogP contribution in [0.25, 0.3) is 0 Å².